The van der Waals surface area contributed by atoms with Crippen LogP contribution in [-0.2, 0) is 11.3 Å². The first-order valence-electron chi connectivity index (χ1n) is 8.25. The Kier molecular flexibility index (Phi) is 4.08. The van der Waals surface area contributed by atoms with Gasteiger partial charge in [-0.3, -0.25) is 0 Å². The van der Waals surface area contributed by atoms with Gasteiger partial charge in [0.05, 0.1) is 0 Å². The molecule has 2 aromatic carbocycles. The average molecular weight is 362 g/mol. The second-order valence-corrected chi connectivity index (χ2v) is 6.15. The van der Waals surface area contributed by atoms with Gasteiger partial charge in [-0.1, -0.05) is 30.3 Å². The van der Waals surface area contributed by atoms with Crippen molar-refractivity contribution in [2.24, 2.45) is 0 Å². The number of rotatable bonds is 3. The van der Waals surface area contributed by atoms with Crippen LogP contribution in [0.15, 0.2) is 73.0 Å². The zero-order valence-corrected chi connectivity index (χ0v) is 14.4. The molecule has 0 aliphatic rings. The Morgan fingerprint density at radius 1 is 0.963 bits per heavy atom. The first-order chi connectivity index (χ1) is 13.0. The van der Waals surface area contributed by atoms with E-state index in [9.17, 15) is 14.4 Å². The third-order valence-corrected chi connectivity index (χ3v) is 4.21. The zero-order chi connectivity index (χ0) is 19.0. The fourth-order valence-corrected chi connectivity index (χ4v) is 2.88. The number of fused-ring (bicyclic) bond motifs is 2. The highest BCUT2D eigenvalue weighted by Crippen LogP contribution is 2.20. The summed E-state index contributed by atoms with van der Waals surface area (Å²) in [5.74, 6) is -0.817. The number of hydrogen-bond acceptors (Lipinski definition) is 6. The molecule has 0 amide bonds. The van der Waals surface area contributed by atoms with Crippen LogP contribution < -0.4 is 11.3 Å². The molecule has 0 atom stereocenters. The number of carbonyl (C=O) groups excluding carboxylic acids is 1. The summed E-state index contributed by atoms with van der Waals surface area (Å²) in [4.78, 5) is 36.2. The van der Waals surface area contributed by atoms with Gasteiger partial charge in [0.25, 0.3) is 0 Å². The number of para-hydroxylation sites is 1. The summed E-state index contributed by atoms with van der Waals surface area (Å²) in [6.45, 7) is 1.71. The summed E-state index contributed by atoms with van der Waals surface area (Å²) in [5.41, 5.74) is 0.737. The van der Waals surface area contributed by atoms with Crippen LogP contribution in [0.4, 0.5) is 0 Å². The SMILES string of the molecule is Cc1ccc2c(COC(=O)c3cc4ccccc4oc3=O)cc(=O)oc2c1. The number of carbonyl (C=O) groups is 1. The molecule has 0 fully saturated rings. The maximum atomic E-state index is 12.4. The van der Waals surface area contributed by atoms with Crippen molar-refractivity contribution < 1.29 is 18.4 Å². The van der Waals surface area contributed by atoms with Crippen LogP contribution in [0.25, 0.3) is 21.9 Å². The Morgan fingerprint density at radius 2 is 1.78 bits per heavy atom. The first kappa shape index (κ1) is 16.8. The maximum absolute atomic E-state index is 12.4. The summed E-state index contributed by atoms with van der Waals surface area (Å²) in [5, 5.41) is 1.28. The Morgan fingerprint density at radius 3 is 2.63 bits per heavy atom. The van der Waals surface area contributed by atoms with Crippen LogP contribution in [0, 0.1) is 6.92 Å². The molecule has 0 spiro atoms. The van der Waals surface area contributed by atoms with Crippen molar-refractivity contribution >= 4 is 27.9 Å². The van der Waals surface area contributed by atoms with Gasteiger partial charge in [0, 0.05) is 22.4 Å². The van der Waals surface area contributed by atoms with Crippen LogP contribution in [0.5, 0.6) is 0 Å². The smallest absolute Gasteiger partial charge is 0.351 e. The molecule has 0 saturated heterocycles. The minimum Gasteiger partial charge on any atom is -0.457 e. The van der Waals surface area contributed by atoms with E-state index in [-0.39, 0.29) is 12.2 Å². The predicted octanol–water partition coefficient (Wildman–Crippen LogP) is 3.56. The monoisotopic (exact) mass is 362 g/mol. The largest absolute Gasteiger partial charge is 0.457 e. The lowest BCUT2D eigenvalue weighted by Gasteiger charge is -2.07. The van der Waals surface area contributed by atoms with Crippen molar-refractivity contribution in [3.63, 3.8) is 0 Å². The second-order valence-electron chi connectivity index (χ2n) is 6.15. The Bertz CT molecular complexity index is 1300. The van der Waals surface area contributed by atoms with Crippen molar-refractivity contribution in [2.45, 2.75) is 13.5 Å². The van der Waals surface area contributed by atoms with Crippen LogP contribution in [0.3, 0.4) is 0 Å². The molecule has 2 aromatic heterocycles. The molecule has 0 radical (unpaired) electrons. The van der Waals surface area contributed by atoms with E-state index in [1.807, 2.05) is 13.0 Å². The number of ether oxygens (including phenoxy) is 1. The van der Waals surface area contributed by atoms with E-state index < -0.39 is 17.2 Å². The minimum absolute atomic E-state index is 0.170. The summed E-state index contributed by atoms with van der Waals surface area (Å²) >= 11 is 0. The highest BCUT2D eigenvalue weighted by molar-refractivity contribution is 5.93. The van der Waals surface area contributed by atoms with Gasteiger partial charge in [-0.05, 0) is 30.7 Å². The fourth-order valence-electron chi connectivity index (χ4n) is 2.88. The number of benzene rings is 2. The molecule has 6 heteroatoms. The summed E-state index contributed by atoms with van der Waals surface area (Å²) < 4.78 is 15.6. The second kappa shape index (κ2) is 6.57. The number of esters is 1. The van der Waals surface area contributed by atoms with Gasteiger partial charge < -0.3 is 13.6 Å². The molecule has 0 unspecified atom stereocenters. The molecular formula is C21H14O6. The van der Waals surface area contributed by atoms with Crippen molar-refractivity contribution in [3.05, 3.63) is 92.1 Å². The first-order valence-corrected chi connectivity index (χ1v) is 8.25. The van der Waals surface area contributed by atoms with E-state index in [0.717, 1.165) is 5.56 Å². The molecule has 0 saturated carbocycles. The van der Waals surface area contributed by atoms with Gasteiger partial charge in [-0.15, -0.1) is 0 Å². The molecule has 4 rings (SSSR count). The molecule has 0 bridgehead atoms. The standard InChI is InChI=1S/C21H14O6/c1-12-6-7-15-14(10-19(22)26-18(15)8-12)11-25-20(23)16-9-13-4-2-3-5-17(13)27-21(16)24/h2-10H,11H2,1H3. The molecule has 6 nitrogen and oxygen atoms in total. The highest BCUT2D eigenvalue weighted by Gasteiger charge is 2.16. The predicted molar refractivity (Wildman–Crippen MR) is 98.8 cm³/mol. The minimum atomic E-state index is -0.817. The third-order valence-electron chi connectivity index (χ3n) is 4.21. The van der Waals surface area contributed by atoms with E-state index in [1.54, 1.807) is 36.4 Å². The Balaban J connectivity index is 1.65. The van der Waals surface area contributed by atoms with Crippen LogP contribution >= 0.6 is 0 Å². The number of hydrogen-bond donors (Lipinski definition) is 0. The molecule has 0 aliphatic heterocycles. The lowest BCUT2D eigenvalue weighted by molar-refractivity contribution is 0.0469. The normalized spacial score (nSPS) is 11.0. The molecule has 2 heterocycles. The van der Waals surface area contributed by atoms with Crippen LogP contribution in [-0.4, -0.2) is 5.97 Å². The molecule has 134 valence electrons. The van der Waals surface area contributed by atoms with Crippen molar-refractivity contribution in [3.8, 4) is 0 Å². The highest BCUT2D eigenvalue weighted by atomic mass is 16.5. The van der Waals surface area contributed by atoms with E-state index >= 15 is 0 Å². The van der Waals surface area contributed by atoms with E-state index in [2.05, 4.69) is 0 Å². The van der Waals surface area contributed by atoms with E-state index in [4.69, 9.17) is 13.6 Å². The van der Waals surface area contributed by atoms with Crippen molar-refractivity contribution in [1.82, 2.24) is 0 Å². The maximum Gasteiger partial charge on any atom is 0.351 e. The van der Waals surface area contributed by atoms with Crippen molar-refractivity contribution in [2.75, 3.05) is 0 Å². The zero-order valence-electron chi connectivity index (χ0n) is 14.4. The summed E-state index contributed by atoms with van der Waals surface area (Å²) in [6, 6.07) is 15.0. The average Bonchev–Trinajstić information content (AvgIpc) is 2.64. The topological polar surface area (TPSA) is 86.7 Å². The Hall–Kier alpha value is -3.67. The van der Waals surface area contributed by atoms with Gasteiger partial charge >= 0.3 is 17.2 Å². The summed E-state index contributed by atoms with van der Waals surface area (Å²) in [6.07, 6.45) is 0. The fraction of sp³-hybridized carbons (Fsp3) is 0.0952. The number of aryl methyl sites for hydroxylation is 1. The third kappa shape index (κ3) is 3.25. The van der Waals surface area contributed by atoms with Gasteiger partial charge in [0.1, 0.15) is 23.3 Å². The van der Waals surface area contributed by atoms with Gasteiger partial charge in [0.15, 0.2) is 0 Å². The van der Waals surface area contributed by atoms with E-state index in [1.165, 1.54) is 12.1 Å². The van der Waals surface area contributed by atoms with Gasteiger partial charge in [-0.2, -0.15) is 0 Å². The Labute approximate surface area is 152 Å². The molecule has 0 aliphatic carbocycles. The van der Waals surface area contributed by atoms with Crippen LogP contribution in [0.2, 0.25) is 0 Å². The quantitative estimate of drug-likeness (QED) is 0.409. The van der Waals surface area contributed by atoms with Crippen molar-refractivity contribution in [1.29, 1.82) is 0 Å². The lowest BCUT2D eigenvalue weighted by Crippen LogP contribution is -2.16. The van der Waals surface area contributed by atoms with Gasteiger partial charge in [-0.25, -0.2) is 14.4 Å². The molecule has 4 aromatic rings. The van der Waals surface area contributed by atoms with Gasteiger partial charge in [0.2, 0.25) is 0 Å². The lowest BCUT2D eigenvalue weighted by atomic mass is 10.1. The van der Waals surface area contributed by atoms with E-state index in [0.29, 0.717) is 27.5 Å². The molecule has 0 N–H and O–H groups in total. The molecule has 27 heavy (non-hydrogen) atoms. The molecular weight excluding hydrogens is 348 g/mol. The van der Waals surface area contributed by atoms with Crippen LogP contribution in [0.1, 0.15) is 21.5 Å². The summed E-state index contributed by atoms with van der Waals surface area (Å²) in [7, 11) is 0.